The second-order valence-electron chi connectivity index (χ2n) is 6.95. The molecule has 150 valence electrons. The van der Waals surface area contributed by atoms with Crippen LogP contribution in [0.4, 0.5) is 0 Å². The fourth-order valence-electron chi connectivity index (χ4n) is 3.28. The van der Waals surface area contributed by atoms with Crippen molar-refractivity contribution in [2.24, 2.45) is 0 Å². The van der Waals surface area contributed by atoms with Gasteiger partial charge < -0.3 is 14.8 Å². The third-order valence-corrected chi connectivity index (χ3v) is 5.11. The van der Waals surface area contributed by atoms with E-state index < -0.39 is 0 Å². The summed E-state index contributed by atoms with van der Waals surface area (Å²) in [4.78, 5) is 12.4. The fraction of sp³-hybridized carbons (Fsp3) is 0.304. The Labute approximate surface area is 175 Å². The van der Waals surface area contributed by atoms with E-state index in [1.165, 1.54) is 0 Å². The standard InChI is InChI=1S/C23H23ClN2O3/c1-28-22-13-17(12-18(14-25)23(27)26-20-4-2-3-5-20)8-11-21(22)29-15-16-6-9-19(24)10-7-16/h6-13,20H,2-5,15H2,1H3,(H,26,27)/b18-12+. The number of rotatable bonds is 7. The molecule has 1 saturated carbocycles. The molecule has 2 aromatic carbocycles. The van der Waals surface area contributed by atoms with Crippen LogP contribution in [0.3, 0.4) is 0 Å². The topological polar surface area (TPSA) is 71.3 Å². The van der Waals surface area contributed by atoms with Crippen molar-refractivity contribution in [1.29, 1.82) is 5.26 Å². The molecule has 5 nitrogen and oxygen atoms in total. The third kappa shape index (κ3) is 5.75. The summed E-state index contributed by atoms with van der Waals surface area (Å²) in [6.07, 6.45) is 5.74. The average molecular weight is 411 g/mol. The summed E-state index contributed by atoms with van der Waals surface area (Å²) in [5.74, 6) is 0.774. The first-order valence-electron chi connectivity index (χ1n) is 9.57. The van der Waals surface area contributed by atoms with E-state index in [0.717, 1.165) is 31.2 Å². The highest BCUT2D eigenvalue weighted by atomic mass is 35.5. The molecule has 1 N–H and O–H groups in total. The van der Waals surface area contributed by atoms with Gasteiger partial charge in [-0.15, -0.1) is 0 Å². The van der Waals surface area contributed by atoms with Crippen molar-refractivity contribution in [3.63, 3.8) is 0 Å². The molecule has 0 spiro atoms. The quantitative estimate of drug-likeness (QED) is 0.521. The number of nitrogens with one attached hydrogen (secondary N) is 1. The summed E-state index contributed by atoms with van der Waals surface area (Å²) in [7, 11) is 1.55. The lowest BCUT2D eigenvalue weighted by Crippen LogP contribution is -2.33. The minimum atomic E-state index is -0.332. The zero-order valence-electron chi connectivity index (χ0n) is 16.3. The van der Waals surface area contributed by atoms with Crippen molar-refractivity contribution in [2.75, 3.05) is 7.11 Å². The number of ether oxygens (including phenoxy) is 2. The fourth-order valence-corrected chi connectivity index (χ4v) is 3.41. The van der Waals surface area contributed by atoms with Gasteiger partial charge in [0.25, 0.3) is 5.91 Å². The minimum absolute atomic E-state index is 0.0776. The van der Waals surface area contributed by atoms with Crippen LogP contribution in [-0.2, 0) is 11.4 Å². The van der Waals surface area contributed by atoms with Crippen LogP contribution in [0.15, 0.2) is 48.0 Å². The Balaban J connectivity index is 1.70. The van der Waals surface area contributed by atoms with Crippen molar-refractivity contribution in [2.45, 2.75) is 38.3 Å². The van der Waals surface area contributed by atoms with E-state index in [2.05, 4.69) is 5.32 Å². The van der Waals surface area contributed by atoms with E-state index in [-0.39, 0.29) is 17.5 Å². The molecular formula is C23H23ClN2O3. The van der Waals surface area contributed by atoms with Gasteiger partial charge >= 0.3 is 0 Å². The van der Waals surface area contributed by atoms with Crippen molar-refractivity contribution in [3.05, 3.63) is 64.2 Å². The molecule has 3 rings (SSSR count). The Hall–Kier alpha value is -2.97. The summed E-state index contributed by atoms with van der Waals surface area (Å²) in [6, 6.07) is 14.9. The predicted molar refractivity (Wildman–Crippen MR) is 113 cm³/mol. The number of methoxy groups -OCH3 is 1. The van der Waals surface area contributed by atoms with E-state index in [0.29, 0.717) is 28.7 Å². The average Bonchev–Trinajstić information content (AvgIpc) is 3.24. The van der Waals surface area contributed by atoms with E-state index >= 15 is 0 Å². The first kappa shape index (κ1) is 20.8. The molecule has 0 aromatic heterocycles. The first-order valence-corrected chi connectivity index (χ1v) is 9.95. The number of carbonyl (C=O) groups excluding carboxylic acids is 1. The van der Waals surface area contributed by atoms with Gasteiger partial charge in [0, 0.05) is 11.1 Å². The first-order chi connectivity index (χ1) is 14.1. The highest BCUT2D eigenvalue weighted by Crippen LogP contribution is 2.30. The molecule has 0 bridgehead atoms. The zero-order chi connectivity index (χ0) is 20.6. The van der Waals surface area contributed by atoms with Crippen molar-refractivity contribution < 1.29 is 14.3 Å². The summed E-state index contributed by atoms with van der Waals surface area (Å²) in [5, 5.41) is 13.0. The SMILES string of the molecule is COc1cc(/C=C(\C#N)C(=O)NC2CCCC2)ccc1OCc1ccc(Cl)cc1. The van der Waals surface area contributed by atoms with Crippen LogP contribution in [0.25, 0.3) is 6.08 Å². The van der Waals surface area contributed by atoms with Gasteiger partial charge in [-0.1, -0.05) is 42.6 Å². The van der Waals surface area contributed by atoms with Gasteiger partial charge in [0.2, 0.25) is 0 Å². The molecule has 29 heavy (non-hydrogen) atoms. The van der Waals surface area contributed by atoms with Crippen LogP contribution in [-0.4, -0.2) is 19.1 Å². The molecule has 0 radical (unpaired) electrons. The van der Waals surface area contributed by atoms with E-state index in [1.54, 1.807) is 31.4 Å². The second kappa shape index (κ2) is 9.99. The number of nitriles is 1. The van der Waals surface area contributed by atoms with Crippen LogP contribution in [0.2, 0.25) is 5.02 Å². The molecule has 1 amide bonds. The van der Waals surface area contributed by atoms with Crippen LogP contribution in [0.5, 0.6) is 11.5 Å². The summed E-state index contributed by atoms with van der Waals surface area (Å²) < 4.78 is 11.3. The summed E-state index contributed by atoms with van der Waals surface area (Å²) in [5.41, 5.74) is 1.75. The van der Waals surface area contributed by atoms with Crippen LogP contribution in [0.1, 0.15) is 36.8 Å². The van der Waals surface area contributed by atoms with Crippen molar-refractivity contribution >= 4 is 23.6 Å². The number of hydrogen-bond acceptors (Lipinski definition) is 4. The van der Waals surface area contributed by atoms with Crippen molar-refractivity contribution in [1.82, 2.24) is 5.32 Å². The number of amides is 1. The summed E-state index contributed by atoms with van der Waals surface area (Å²) >= 11 is 5.90. The second-order valence-corrected chi connectivity index (χ2v) is 7.39. The van der Waals surface area contributed by atoms with Crippen LogP contribution in [0, 0.1) is 11.3 Å². The van der Waals surface area contributed by atoms with E-state index in [9.17, 15) is 10.1 Å². The lowest BCUT2D eigenvalue weighted by molar-refractivity contribution is -0.117. The van der Waals surface area contributed by atoms with Gasteiger partial charge in [-0.2, -0.15) is 5.26 Å². The Morgan fingerprint density at radius 3 is 2.59 bits per heavy atom. The molecule has 1 aliphatic rings. The molecule has 0 saturated heterocycles. The smallest absolute Gasteiger partial charge is 0.262 e. The number of benzene rings is 2. The molecule has 0 unspecified atom stereocenters. The van der Waals surface area contributed by atoms with E-state index in [1.807, 2.05) is 30.3 Å². The van der Waals surface area contributed by atoms with Gasteiger partial charge in [-0.3, -0.25) is 4.79 Å². The predicted octanol–water partition coefficient (Wildman–Crippen LogP) is 4.89. The number of hydrogen-bond donors (Lipinski definition) is 1. The molecule has 0 heterocycles. The molecule has 1 fully saturated rings. The maximum absolute atomic E-state index is 12.4. The largest absolute Gasteiger partial charge is 0.493 e. The molecule has 0 atom stereocenters. The zero-order valence-corrected chi connectivity index (χ0v) is 17.0. The monoisotopic (exact) mass is 410 g/mol. The third-order valence-electron chi connectivity index (χ3n) is 4.86. The van der Waals surface area contributed by atoms with E-state index in [4.69, 9.17) is 21.1 Å². The highest BCUT2D eigenvalue weighted by molar-refractivity contribution is 6.30. The van der Waals surface area contributed by atoms with Gasteiger partial charge in [0.05, 0.1) is 7.11 Å². The van der Waals surface area contributed by atoms with Gasteiger partial charge in [-0.25, -0.2) is 0 Å². The Morgan fingerprint density at radius 2 is 1.93 bits per heavy atom. The number of nitrogens with zero attached hydrogens (tertiary/aromatic N) is 1. The normalized spacial score (nSPS) is 14.3. The maximum atomic E-state index is 12.4. The lowest BCUT2D eigenvalue weighted by Gasteiger charge is -2.12. The van der Waals surface area contributed by atoms with Crippen LogP contribution >= 0.6 is 11.6 Å². The molecule has 6 heteroatoms. The molecular weight excluding hydrogens is 388 g/mol. The van der Waals surface area contributed by atoms with Gasteiger partial charge in [0.15, 0.2) is 11.5 Å². The number of halogens is 1. The Bertz CT molecular complexity index is 926. The lowest BCUT2D eigenvalue weighted by atomic mass is 10.1. The molecule has 0 aliphatic heterocycles. The molecule has 2 aromatic rings. The molecule has 1 aliphatic carbocycles. The maximum Gasteiger partial charge on any atom is 0.262 e. The Morgan fingerprint density at radius 1 is 1.21 bits per heavy atom. The van der Waals surface area contributed by atoms with Gasteiger partial charge in [0.1, 0.15) is 18.2 Å². The van der Waals surface area contributed by atoms with Crippen LogP contribution < -0.4 is 14.8 Å². The van der Waals surface area contributed by atoms with Gasteiger partial charge in [-0.05, 0) is 54.3 Å². The number of carbonyl (C=O) groups is 1. The van der Waals surface area contributed by atoms with Crippen molar-refractivity contribution in [3.8, 4) is 17.6 Å². The highest BCUT2D eigenvalue weighted by Gasteiger charge is 2.19. The minimum Gasteiger partial charge on any atom is -0.493 e. The Kier molecular flexibility index (Phi) is 7.15. The summed E-state index contributed by atoms with van der Waals surface area (Å²) in [6.45, 7) is 0.371.